The summed E-state index contributed by atoms with van der Waals surface area (Å²) in [6, 6.07) is 6.42. The summed E-state index contributed by atoms with van der Waals surface area (Å²) in [6.07, 6.45) is 2.63. The first-order chi connectivity index (χ1) is 9.35. The van der Waals surface area contributed by atoms with E-state index in [0.29, 0.717) is 17.9 Å². The number of halogens is 1. The Bertz CT molecular complexity index is 478. The van der Waals surface area contributed by atoms with Crippen molar-refractivity contribution in [2.24, 2.45) is 11.1 Å². The Labute approximate surface area is 120 Å². The molecule has 1 rings (SSSR count). The van der Waals surface area contributed by atoms with Crippen LogP contribution in [0, 0.1) is 22.6 Å². The van der Waals surface area contributed by atoms with E-state index in [-0.39, 0.29) is 17.3 Å². The van der Waals surface area contributed by atoms with E-state index in [4.69, 9.17) is 15.7 Å². The van der Waals surface area contributed by atoms with Crippen LogP contribution in [0.15, 0.2) is 18.2 Å². The zero-order valence-corrected chi connectivity index (χ0v) is 12.4. The van der Waals surface area contributed by atoms with E-state index >= 15 is 0 Å². The van der Waals surface area contributed by atoms with Gasteiger partial charge in [0.05, 0.1) is 18.1 Å². The molecule has 0 spiro atoms. The Morgan fingerprint density at radius 3 is 2.70 bits per heavy atom. The maximum atomic E-state index is 13.2. The summed E-state index contributed by atoms with van der Waals surface area (Å²) in [6.45, 7) is 6.22. The molecule has 0 bridgehead atoms. The van der Waals surface area contributed by atoms with Crippen molar-refractivity contribution in [1.29, 1.82) is 5.26 Å². The topological polar surface area (TPSA) is 59.0 Å². The Hall–Kier alpha value is -1.60. The third kappa shape index (κ3) is 5.18. The van der Waals surface area contributed by atoms with Crippen molar-refractivity contribution >= 4 is 0 Å². The molecule has 1 aromatic carbocycles. The molecular formula is C16H23FN2O. The SMILES string of the molecule is CC(N)c1cc(F)ccc1OCCCCC(C)(C)C#N. The third-order valence-electron chi connectivity index (χ3n) is 3.22. The molecule has 20 heavy (non-hydrogen) atoms. The summed E-state index contributed by atoms with van der Waals surface area (Å²) >= 11 is 0. The average Bonchev–Trinajstić information content (AvgIpc) is 2.39. The lowest BCUT2D eigenvalue weighted by Gasteiger charge is -2.16. The molecule has 1 unspecified atom stereocenters. The van der Waals surface area contributed by atoms with Gasteiger partial charge in [-0.1, -0.05) is 0 Å². The monoisotopic (exact) mass is 278 g/mol. The lowest BCUT2D eigenvalue weighted by molar-refractivity contribution is 0.291. The van der Waals surface area contributed by atoms with E-state index in [2.05, 4.69) is 6.07 Å². The van der Waals surface area contributed by atoms with Crippen molar-refractivity contribution < 1.29 is 9.13 Å². The highest BCUT2D eigenvalue weighted by molar-refractivity contribution is 5.36. The second-order valence-corrected chi connectivity index (χ2v) is 5.77. The van der Waals surface area contributed by atoms with Gasteiger partial charge in [0.15, 0.2) is 0 Å². The number of nitriles is 1. The summed E-state index contributed by atoms with van der Waals surface area (Å²) < 4.78 is 18.9. The Balaban J connectivity index is 2.45. The molecule has 4 heteroatoms. The molecule has 0 aliphatic rings. The fraction of sp³-hybridized carbons (Fsp3) is 0.562. The maximum Gasteiger partial charge on any atom is 0.124 e. The number of benzene rings is 1. The molecule has 0 aliphatic carbocycles. The number of nitrogens with two attached hydrogens (primary N) is 1. The van der Waals surface area contributed by atoms with Crippen molar-refractivity contribution in [1.82, 2.24) is 0 Å². The van der Waals surface area contributed by atoms with Crippen LogP contribution >= 0.6 is 0 Å². The second-order valence-electron chi connectivity index (χ2n) is 5.77. The highest BCUT2D eigenvalue weighted by atomic mass is 19.1. The molecule has 0 saturated carbocycles. The Morgan fingerprint density at radius 1 is 1.40 bits per heavy atom. The van der Waals surface area contributed by atoms with Crippen LogP contribution in [0.2, 0.25) is 0 Å². The van der Waals surface area contributed by atoms with E-state index in [0.717, 1.165) is 19.3 Å². The lowest BCUT2D eigenvalue weighted by Crippen LogP contribution is -2.10. The largest absolute Gasteiger partial charge is 0.493 e. The van der Waals surface area contributed by atoms with Gasteiger partial charge in [-0.05, 0) is 58.2 Å². The minimum absolute atomic E-state index is 0.266. The third-order valence-corrected chi connectivity index (χ3v) is 3.22. The van der Waals surface area contributed by atoms with Crippen molar-refractivity contribution in [3.05, 3.63) is 29.6 Å². The molecule has 0 radical (unpaired) electrons. The zero-order valence-electron chi connectivity index (χ0n) is 12.4. The first-order valence-electron chi connectivity index (χ1n) is 6.95. The van der Waals surface area contributed by atoms with Crippen LogP contribution < -0.4 is 10.5 Å². The van der Waals surface area contributed by atoms with E-state index in [9.17, 15) is 4.39 Å². The molecule has 0 fully saturated rings. The first-order valence-corrected chi connectivity index (χ1v) is 6.95. The van der Waals surface area contributed by atoms with Gasteiger partial charge in [-0.2, -0.15) is 5.26 Å². The minimum atomic E-state index is -0.305. The lowest BCUT2D eigenvalue weighted by atomic mass is 9.89. The number of unbranched alkanes of at least 4 members (excludes halogenated alkanes) is 1. The van der Waals surface area contributed by atoms with Gasteiger partial charge in [0, 0.05) is 11.6 Å². The summed E-state index contributed by atoms with van der Waals surface area (Å²) in [5.74, 6) is 0.335. The summed E-state index contributed by atoms with van der Waals surface area (Å²) in [7, 11) is 0. The van der Waals surface area contributed by atoms with Gasteiger partial charge in [0.2, 0.25) is 0 Å². The highest BCUT2D eigenvalue weighted by Gasteiger charge is 2.15. The summed E-state index contributed by atoms with van der Waals surface area (Å²) in [5.41, 5.74) is 6.20. The van der Waals surface area contributed by atoms with Crippen LogP contribution in [0.4, 0.5) is 4.39 Å². The molecule has 1 atom stereocenters. The van der Waals surface area contributed by atoms with Gasteiger partial charge in [0.25, 0.3) is 0 Å². The first kappa shape index (κ1) is 16.5. The van der Waals surface area contributed by atoms with Crippen LogP contribution in [0.1, 0.15) is 51.6 Å². The van der Waals surface area contributed by atoms with Crippen LogP contribution in [-0.2, 0) is 0 Å². The number of hydrogen-bond donors (Lipinski definition) is 1. The normalized spacial score (nSPS) is 12.8. The summed E-state index contributed by atoms with van der Waals surface area (Å²) in [5, 5.41) is 8.92. The fourth-order valence-electron chi connectivity index (χ4n) is 1.91. The molecule has 0 saturated heterocycles. The molecule has 0 heterocycles. The number of ether oxygens (including phenoxy) is 1. The van der Waals surface area contributed by atoms with Crippen molar-refractivity contribution in [2.45, 2.75) is 46.1 Å². The maximum absolute atomic E-state index is 13.2. The van der Waals surface area contributed by atoms with Crippen molar-refractivity contribution in [3.8, 4) is 11.8 Å². The number of hydrogen-bond acceptors (Lipinski definition) is 3. The fourth-order valence-corrected chi connectivity index (χ4v) is 1.91. The van der Waals surface area contributed by atoms with E-state index < -0.39 is 0 Å². The quantitative estimate of drug-likeness (QED) is 0.768. The van der Waals surface area contributed by atoms with E-state index in [1.807, 2.05) is 13.8 Å². The molecule has 1 aromatic rings. The van der Waals surface area contributed by atoms with Gasteiger partial charge >= 0.3 is 0 Å². The average molecular weight is 278 g/mol. The van der Waals surface area contributed by atoms with Crippen molar-refractivity contribution in [3.63, 3.8) is 0 Å². The second kappa shape index (κ2) is 7.25. The van der Waals surface area contributed by atoms with Crippen LogP contribution in [0.5, 0.6) is 5.75 Å². The molecule has 0 aromatic heterocycles. The van der Waals surface area contributed by atoms with Crippen molar-refractivity contribution in [2.75, 3.05) is 6.61 Å². The van der Waals surface area contributed by atoms with Crippen LogP contribution in [0.3, 0.4) is 0 Å². The van der Waals surface area contributed by atoms with Gasteiger partial charge in [-0.25, -0.2) is 4.39 Å². The molecular weight excluding hydrogens is 255 g/mol. The van der Waals surface area contributed by atoms with Gasteiger partial charge < -0.3 is 10.5 Å². The van der Waals surface area contributed by atoms with Gasteiger partial charge in [-0.3, -0.25) is 0 Å². The number of rotatable bonds is 7. The Morgan fingerprint density at radius 2 is 2.10 bits per heavy atom. The summed E-state index contributed by atoms with van der Waals surface area (Å²) in [4.78, 5) is 0. The highest BCUT2D eigenvalue weighted by Crippen LogP contribution is 2.26. The number of nitrogens with zero attached hydrogens (tertiary/aromatic N) is 1. The van der Waals surface area contributed by atoms with E-state index in [1.54, 1.807) is 13.0 Å². The smallest absolute Gasteiger partial charge is 0.124 e. The minimum Gasteiger partial charge on any atom is -0.493 e. The predicted molar refractivity (Wildman–Crippen MR) is 77.7 cm³/mol. The standard InChI is InChI=1S/C16H23FN2O/c1-12(19)14-10-13(17)6-7-15(14)20-9-5-4-8-16(2,3)11-18/h6-7,10,12H,4-5,8-9,19H2,1-3H3. The molecule has 0 aliphatic heterocycles. The van der Waals surface area contributed by atoms with Crippen LogP contribution in [0.25, 0.3) is 0 Å². The molecule has 3 nitrogen and oxygen atoms in total. The Kier molecular flexibility index (Phi) is 5.97. The van der Waals surface area contributed by atoms with Crippen LogP contribution in [-0.4, -0.2) is 6.61 Å². The predicted octanol–water partition coefficient (Wildman–Crippen LogP) is 3.94. The molecule has 2 N–H and O–H groups in total. The van der Waals surface area contributed by atoms with Gasteiger partial charge in [0.1, 0.15) is 11.6 Å². The van der Waals surface area contributed by atoms with Gasteiger partial charge in [-0.15, -0.1) is 0 Å². The van der Waals surface area contributed by atoms with E-state index in [1.165, 1.54) is 12.1 Å². The molecule has 110 valence electrons. The zero-order chi connectivity index (χ0) is 15.2. The molecule has 0 amide bonds.